The highest BCUT2D eigenvalue weighted by molar-refractivity contribution is 6.39. The van der Waals surface area contributed by atoms with E-state index in [1.807, 2.05) is 32.0 Å². The molecule has 1 heterocycles. The van der Waals surface area contributed by atoms with Gasteiger partial charge in [-0.25, -0.2) is 9.69 Å². The lowest BCUT2D eigenvalue weighted by Gasteiger charge is -2.26. The standard InChI is InChI=1S/C29H27N3O6/c1-4-37-25-16-20(11-13-24(25)38-17-26(33)30-21-12-10-18(2)19(3)14-21)15-23-27(34)31-29(36)32(28(23)35)22-8-6-5-7-9-22/h5-16H,4,17H2,1-3H3,(H,30,33)(H,31,34,36)/b23-15-. The molecule has 0 aliphatic carbocycles. The molecular weight excluding hydrogens is 486 g/mol. The van der Waals surface area contributed by atoms with Gasteiger partial charge in [0.2, 0.25) is 0 Å². The number of benzene rings is 3. The molecule has 2 N–H and O–H groups in total. The molecule has 9 nitrogen and oxygen atoms in total. The summed E-state index contributed by atoms with van der Waals surface area (Å²) in [5, 5.41) is 5.00. The molecule has 1 saturated heterocycles. The normalized spacial score (nSPS) is 14.3. The highest BCUT2D eigenvalue weighted by atomic mass is 16.5. The molecule has 9 heteroatoms. The Bertz CT molecular complexity index is 1430. The summed E-state index contributed by atoms with van der Waals surface area (Å²) < 4.78 is 11.4. The van der Waals surface area contributed by atoms with Gasteiger partial charge in [0.25, 0.3) is 17.7 Å². The van der Waals surface area contributed by atoms with Crippen LogP contribution in [0.25, 0.3) is 6.08 Å². The van der Waals surface area contributed by atoms with E-state index in [-0.39, 0.29) is 18.1 Å². The van der Waals surface area contributed by atoms with Crippen LogP contribution in [0.3, 0.4) is 0 Å². The molecule has 3 aromatic carbocycles. The van der Waals surface area contributed by atoms with Crippen LogP contribution >= 0.6 is 0 Å². The second kappa shape index (κ2) is 11.4. The lowest BCUT2D eigenvalue weighted by atomic mass is 10.1. The van der Waals surface area contributed by atoms with Crippen molar-refractivity contribution in [2.24, 2.45) is 0 Å². The Labute approximate surface area is 220 Å². The number of barbiturate groups is 1. The highest BCUT2D eigenvalue weighted by Crippen LogP contribution is 2.30. The van der Waals surface area contributed by atoms with Crippen LogP contribution in [0.15, 0.2) is 72.3 Å². The molecule has 1 aliphatic rings. The van der Waals surface area contributed by atoms with E-state index in [9.17, 15) is 19.2 Å². The van der Waals surface area contributed by atoms with Crippen LogP contribution in [0.1, 0.15) is 23.6 Å². The van der Waals surface area contributed by atoms with Crippen molar-refractivity contribution in [2.75, 3.05) is 23.4 Å². The number of carbonyl (C=O) groups excluding carboxylic acids is 4. The van der Waals surface area contributed by atoms with Gasteiger partial charge in [-0.15, -0.1) is 0 Å². The Morgan fingerprint density at radius 3 is 2.39 bits per heavy atom. The number of imide groups is 2. The maximum Gasteiger partial charge on any atom is 0.335 e. The smallest absolute Gasteiger partial charge is 0.335 e. The molecule has 0 aromatic heterocycles. The first-order valence-electron chi connectivity index (χ1n) is 12.0. The zero-order valence-corrected chi connectivity index (χ0v) is 21.2. The zero-order chi connectivity index (χ0) is 27.2. The number of ether oxygens (including phenoxy) is 2. The first-order chi connectivity index (χ1) is 18.3. The summed E-state index contributed by atoms with van der Waals surface area (Å²) >= 11 is 0. The molecular formula is C29H27N3O6. The van der Waals surface area contributed by atoms with Gasteiger partial charge in [0.1, 0.15) is 5.57 Å². The second-order valence-corrected chi connectivity index (χ2v) is 8.57. The average Bonchev–Trinajstić information content (AvgIpc) is 2.89. The second-order valence-electron chi connectivity index (χ2n) is 8.57. The van der Waals surface area contributed by atoms with Crippen molar-refractivity contribution in [1.82, 2.24) is 5.32 Å². The van der Waals surface area contributed by atoms with Gasteiger partial charge in [-0.2, -0.15) is 0 Å². The Hall–Kier alpha value is -4.92. The molecule has 0 radical (unpaired) electrons. The number of para-hydroxylation sites is 1. The van der Waals surface area contributed by atoms with Gasteiger partial charge in [0.15, 0.2) is 18.1 Å². The first-order valence-corrected chi connectivity index (χ1v) is 12.0. The molecule has 4 rings (SSSR count). The van der Waals surface area contributed by atoms with Gasteiger partial charge in [0, 0.05) is 5.69 Å². The average molecular weight is 514 g/mol. The van der Waals surface area contributed by atoms with E-state index in [0.29, 0.717) is 35.0 Å². The fraction of sp³-hybridized carbons (Fsp3) is 0.172. The van der Waals surface area contributed by atoms with Crippen molar-refractivity contribution in [3.05, 3.63) is 89.0 Å². The van der Waals surface area contributed by atoms with Gasteiger partial charge < -0.3 is 14.8 Å². The van der Waals surface area contributed by atoms with E-state index in [2.05, 4.69) is 10.6 Å². The summed E-state index contributed by atoms with van der Waals surface area (Å²) in [4.78, 5) is 51.2. The summed E-state index contributed by atoms with van der Waals surface area (Å²) in [5.41, 5.74) is 3.47. The summed E-state index contributed by atoms with van der Waals surface area (Å²) in [7, 11) is 0. The number of hydrogen-bond acceptors (Lipinski definition) is 6. The van der Waals surface area contributed by atoms with E-state index >= 15 is 0 Å². The van der Waals surface area contributed by atoms with Crippen LogP contribution in [-0.4, -0.2) is 37.0 Å². The largest absolute Gasteiger partial charge is 0.490 e. The predicted octanol–water partition coefficient (Wildman–Crippen LogP) is 4.39. The van der Waals surface area contributed by atoms with Crippen LogP contribution in [0, 0.1) is 13.8 Å². The minimum absolute atomic E-state index is 0.211. The van der Waals surface area contributed by atoms with Gasteiger partial charge in [-0.05, 0) is 79.9 Å². The van der Waals surface area contributed by atoms with E-state index < -0.39 is 17.8 Å². The first kappa shape index (κ1) is 26.2. The number of aryl methyl sites for hydroxylation is 2. The summed E-state index contributed by atoms with van der Waals surface area (Å²) in [6.07, 6.45) is 1.37. The fourth-order valence-electron chi connectivity index (χ4n) is 3.80. The third-order valence-electron chi connectivity index (χ3n) is 5.84. The van der Waals surface area contributed by atoms with Crippen molar-refractivity contribution in [3.63, 3.8) is 0 Å². The third-order valence-corrected chi connectivity index (χ3v) is 5.84. The SMILES string of the molecule is CCOc1cc(/C=C2/C(=O)NC(=O)N(c3ccccc3)C2=O)ccc1OCC(=O)Nc1ccc(C)c(C)c1. The van der Waals surface area contributed by atoms with Crippen molar-refractivity contribution in [1.29, 1.82) is 0 Å². The van der Waals surface area contributed by atoms with Crippen LogP contribution < -0.4 is 25.0 Å². The van der Waals surface area contributed by atoms with Crippen LogP contribution in [-0.2, 0) is 14.4 Å². The van der Waals surface area contributed by atoms with Crippen LogP contribution in [0.2, 0.25) is 0 Å². The molecule has 0 bridgehead atoms. The maximum atomic E-state index is 13.1. The van der Waals surface area contributed by atoms with Crippen molar-refractivity contribution >= 4 is 41.2 Å². The summed E-state index contributed by atoms with van der Waals surface area (Å²) in [6, 6.07) is 17.9. The fourth-order valence-corrected chi connectivity index (χ4v) is 3.80. The van der Waals surface area contributed by atoms with Gasteiger partial charge >= 0.3 is 6.03 Å². The van der Waals surface area contributed by atoms with E-state index in [1.165, 1.54) is 6.08 Å². The Balaban J connectivity index is 1.52. The number of rotatable bonds is 8. The quantitative estimate of drug-likeness (QED) is 0.341. The minimum Gasteiger partial charge on any atom is -0.490 e. The van der Waals surface area contributed by atoms with E-state index in [1.54, 1.807) is 55.5 Å². The minimum atomic E-state index is -0.818. The van der Waals surface area contributed by atoms with Crippen molar-refractivity contribution in [3.8, 4) is 11.5 Å². The number of anilines is 2. The Morgan fingerprint density at radius 2 is 1.68 bits per heavy atom. The number of urea groups is 1. The lowest BCUT2D eigenvalue weighted by Crippen LogP contribution is -2.54. The monoisotopic (exact) mass is 513 g/mol. The molecule has 1 aliphatic heterocycles. The topological polar surface area (TPSA) is 114 Å². The van der Waals surface area contributed by atoms with Gasteiger partial charge in [-0.3, -0.25) is 19.7 Å². The summed E-state index contributed by atoms with van der Waals surface area (Å²) in [6.45, 7) is 5.83. The molecule has 3 aromatic rings. The number of amides is 5. The van der Waals surface area contributed by atoms with Crippen molar-refractivity contribution < 1.29 is 28.7 Å². The molecule has 194 valence electrons. The molecule has 38 heavy (non-hydrogen) atoms. The van der Waals surface area contributed by atoms with Gasteiger partial charge in [0.05, 0.1) is 12.3 Å². The molecule has 0 saturated carbocycles. The van der Waals surface area contributed by atoms with Crippen LogP contribution in [0.5, 0.6) is 11.5 Å². The van der Waals surface area contributed by atoms with E-state index in [4.69, 9.17) is 9.47 Å². The number of nitrogens with one attached hydrogen (secondary N) is 2. The molecule has 5 amide bonds. The van der Waals surface area contributed by atoms with Gasteiger partial charge in [-0.1, -0.05) is 30.3 Å². The van der Waals surface area contributed by atoms with Crippen molar-refractivity contribution in [2.45, 2.75) is 20.8 Å². The number of carbonyl (C=O) groups is 4. The predicted molar refractivity (Wildman–Crippen MR) is 143 cm³/mol. The number of nitrogens with zero attached hydrogens (tertiary/aromatic N) is 1. The number of hydrogen-bond donors (Lipinski definition) is 2. The van der Waals surface area contributed by atoms with E-state index in [0.717, 1.165) is 16.0 Å². The Kier molecular flexibility index (Phi) is 7.86. The summed E-state index contributed by atoms with van der Waals surface area (Å²) in [5.74, 6) is -1.22. The Morgan fingerprint density at radius 1 is 0.921 bits per heavy atom. The molecule has 0 unspecified atom stereocenters. The van der Waals surface area contributed by atoms with Crippen LogP contribution in [0.4, 0.5) is 16.2 Å². The molecule has 0 spiro atoms. The molecule has 1 fully saturated rings. The lowest BCUT2D eigenvalue weighted by molar-refractivity contribution is -0.122. The third kappa shape index (κ3) is 5.89. The highest BCUT2D eigenvalue weighted by Gasteiger charge is 2.36. The molecule has 0 atom stereocenters. The maximum absolute atomic E-state index is 13.1. The zero-order valence-electron chi connectivity index (χ0n) is 21.2.